The van der Waals surface area contributed by atoms with Gasteiger partial charge in [0.25, 0.3) is 0 Å². The van der Waals surface area contributed by atoms with E-state index in [9.17, 15) is 0 Å². The molecule has 254 valence electrons. The number of fused-ring (bicyclic) bond motifs is 5. The van der Waals surface area contributed by atoms with Crippen LogP contribution in [0.2, 0.25) is 0 Å². The van der Waals surface area contributed by atoms with E-state index in [4.69, 9.17) is 9.97 Å². The highest BCUT2D eigenvalue weighted by Crippen LogP contribution is 2.47. The van der Waals surface area contributed by atoms with Crippen molar-refractivity contribution in [2.45, 2.75) is 0 Å². The molecule has 0 fully saturated rings. The van der Waals surface area contributed by atoms with Crippen LogP contribution in [0, 0.1) is 0 Å². The lowest BCUT2D eigenvalue weighted by Crippen LogP contribution is -2.10. The fraction of sp³-hybridized carbons (Fsp3) is 0. The van der Waals surface area contributed by atoms with Crippen molar-refractivity contribution in [2.75, 3.05) is 4.90 Å². The van der Waals surface area contributed by atoms with E-state index in [1.807, 2.05) is 24.3 Å². The maximum Gasteiger partial charge on any atom is 0.160 e. The Morgan fingerprint density at radius 2 is 0.926 bits per heavy atom. The monoisotopic (exact) mass is 690 g/mol. The van der Waals surface area contributed by atoms with E-state index in [1.165, 1.54) is 10.8 Å². The van der Waals surface area contributed by atoms with Gasteiger partial charge in [-0.05, 0) is 60.0 Å². The summed E-state index contributed by atoms with van der Waals surface area (Å²) in [5.41, 5.74) is 11.5. The second-order valence-electron chi connectivity index (χ2n) is 13.4. The van der Waals surface area contributed by atoms with Crippen LogP contribution in [-0.4, -0.2) is 14.5 Å². The number of anilines is 3. The van der Waals surface area contributed by atoms with Crippen LogP contribution in [0.15, 0.2) is 206 Å². The average molecular weight is 691 g/mol. The summed E-state index contributed by atoms with van der Waals surface area (Å²) in [7, 11) is 0. The molecule has 2 aromatic heterocycles. The first kappa shape index (κ1) is 31.4. The van der Waals surface area contributed by atoms with Gasteiger partial charge in [0.1, 0.15) is 0 Å². The standard InChI is InChI=1S/C50H34N4/c1-6-19-35(20-7-1)43-33-44(52-50(51-43)36-21-8-2-9-22-36)42-31-18-32-45-49(42)48-41-30-17-16-29-40(41)46(34-47(48)54(45)39-27-14-5-15-28-39)53(37-23-10-3-11-24-37)38-25-12-4-13-26-38/h1-34H. The summed E-state index contributed by atoms with van der Waals surface area (Å²) < 4.78 is 2.41. The Morgan fingerprint density at radius 1 is 0.389 bits per heavy atom. The Bertz CT molecular complexity index is 2810. The Morgan fingerprint density at radius 3 is 1.57 bits per heavy atom. The van der Waals surface area contributed by atoms with Crippen molar-refractivity contribution in [3.8, 4) is 39.6 Å². The molecule has 0 unspecified atom stereocenters. The molecule has 0 N–H and O–H groups in total. The molecule has 8 aromatic carbocycles. The highest BCUT2D eigenvalue weighted by molar-refractivity contribution is 6.27. The molecule has 0 amide bonds. The maximum absolute atomic E-state index is 5.31. The van der Waals surface area contributed by atoms with Gasteiger partial charge in [0.05, 0.1) is 28.1 Å². The van der Waals surface area contributed by atoms with Crippen molar-refractivity contribution in [2.24, 2.45) is 0 Å². The number of benzene rings is 8. The van der Waals surface area contributed by atoms with E-state index in [2.05, 4.69) is 191 Å². The predicted octanol–water partition coefficient (Wildman–Crippen LogP) is 13.2. The summed E-state index contributed by atoms with van der Waals surface area (Å²) >= 11 is 0. The van der Waals surface area contributed by atoms with Crippen LogP contribution in [-0.2, 0) is 0 Å². The summed E-state index contributed by atoms with van der Waals surface area (Å²) in [6.07, 6.45) is 0. The maximum atomic E-state index is 5.31. The van der Waals surface area contributed by atoms with Crippen LogP contribution >= 0.6 is 0 Å². The molecule has 0 atom stereocenters. The minimum Gasteiger partial charge on any atom is -0.310 e. The Hall–Kier alpha value is -7.30. The Labute approximate surface area is 313 Å². The van der Waals surface area contributed by atoms with E-state index in [0.717, 1.165) is 72.6 Å². The quantitative estimate of drug-likeness (QED) is 0.167. The van der Waals surface area contributed by atoms with Gasteiger partial charge in [-0.25, -0.2) is 9.97 Å². The van der Waals surface area contributed by atoms with Gasteiger partial charge in [0, 0.05) is 49.9 Å². The molecule has 2 heterocycles. The van der Waals surface area contributed by atoms with Gasteiger partial charge in [0.2, 0.25) is 0 Å². The molecule has 0 aliphatic carbocycles. The molecule has 0 aliphatic rings. The molecule has 4 nitrogen and oxygen atoms in total. The predicted molar refractivity (Wildman–Crippen MR) is 225 cm³/mol. The number of aromatic nitrogens is 3. The second-order valence-corrected chi connectivity index (χ2v) is 13.4. The molecular formula is C50H34N4. The van der Waals surface area contributed by atoms with Crippen LogP contribution in [0.3, 0.4) is 0 Å². The minimum atomic E-state index is 0.698. The van der Waals surface area contributed by atoms with Crippen molar-refractivity contribution < 1.29 is 0 Å². The molecule has 0 spiro atoms. The molecule has 54 heavy (non-hydrogen) atoms. The molecule has 0 aliphatic heterocycles. The minimum absolute atomic E-state index is 0.698. The zero-order valence-corrected chi connectivity index (χ0v) is 29.4. The fourth-order valence-corrected chi connectivity index (χ4v) is 7.79. The highest BCUT2D eigenvalue weighted by atomic mass is 15.1. The smallest absolute Gasteiger partial charge is 0.160 e. The molecule has 0 bridgehead atoms. The second kappa shape index (κ2) is 13.4. The Balaban J connectivity index is 1.33. The topological polar surface area (TPSA) is 34.0 Å². The number of hydrogen-bond donors (Lipinski definition) is 0. The molecular weight excluding hydrogens is 657 g/mol. The summed E-state index contributed by atoms with van der Waals surface area (Å²) in [4.78, 5) is 12.8. The van der Waals surface area contributed by atoms with E-state index in [0.29, 0.717) is 5.82 Å². The van der Waals surface area contributed by atoms with Gasteiger partial charge in [0.15, 0.2) is 5.82 Å². The van der Waals surface area contributed by atoms with Crippen molar-refractivity contribution >= 4 is 49.6 Å². The third kappa shape index (κ3) is 5.40. The van der Waals surface area contributed by atoms with Crippen molar-refractivity contribution in [3.05, 3.63) is 206 Å². The van der Waals surface area contributed by atoms with Gasteiger partial charge in [-0.3, -0.25) is 0 Å². The summed E-state index contributed by atoms with van der Waals surface area (Å²) in [6, 6.07) is 72.6. The molecule has 10 aromatic rings. The first-order valence-corrected chi connectivity index (χ1v) is 18.3. The zero-order valence-electron chi connectivity index (χ0n) is 29.4. The van der Waals surface area contributed by atoms with Crippen molar-refractivity contribution in [1.82, 2.24) is 14.5 Å². The van der Waals surface area contributed by atoms with Crippen LogP contribution in [0.25, 0.3) is 72.2 Å². The van der Waals surface area contributed by atoms with E-state index in [1.54, 1.807) is 0 Å². The first-order chi connectivity index (χ1) is 26.8. The van der Waals surface area contributed by atoms with Gasteiger partial charge in [-0.2, -0.15) is 0 Å². The lowest BCUT2D eigenvalue weighted by Gasteiger charge is -2.27. The largest absolute Gasteiger partial charge is 0.310 e. The molecule has 10 rings (SSSR count). The van der Waals surface area contributed by atoms with E-state index in [-0.39, 0.29) is 0 Å². The summed E-state index contributed by atoms with van der Waals surface area (Å²) in [5.74, 6) is 0.698. The molecule has 0 radical (unpaired) electrons. The summed E-state index contributed by atoms with van der Waals surface area (Å²) in [6.45, 7) is 0. The third-order valence-electron chi connectivity index (χ3n) is 10.2. The highest BCUT2D eigenvalue weighted by Gasteiger charge is 2.24. The van der Waals surface area contributed by atoms with E-state index >= 15 is 0 Å². The van der Waals surface area contributed by atoms with Crippen LogP contribution in [0.1, 0.15) is 0 Å². The number of hydrogen-bond acceptors (Lipinski definition) is 3. The Kier molecular flexibility index (Phi) is 7.77. The van der Waals surface area contributed by atoms with Gasteiger partial charge < -0.3 is 9.47 Å². The number of para-hydroxylation sites is 3. The van der Waals surface area contributed by atoms with Crippen LogP contribution in [0.4, 0.5) is 17.1 Å². The average Bonchev–Trinajstić information content (AvgIpc) is 3.60. The molecule has 4 heteroatoms. The number of nitrogens with zero attached hydrogens (tertiary/aromatic N) is 4. The molecule has 0 saturated heterocycles. The van der Waals surface area contributed by atoms with Gasteiger partial charge in [-0.1, -0.05) is 152 Å². The lowest BCUT2D eigenvalue weighted by molar-refractivity contribution is 1.17. The fourth-order valence-electron chi connectivity index (χ4n) is 7.79. The van der Waals surface area contributed by atoms with Crippen molar-refractivity contribution in [1.29, 1.82) is 0 Å². The first-order valence-electron chi connectivity index (χ1n) is 18.3. The van der Waals surface area contributed by atoms with E-state index < -0.39 is 0 Å². The van der Waals surface area contributed by atoms with Crippen LogP contribution < -0.4 is 4.90 Å². The molecule has 0 saturated carbocycles. The summed E-state index contributed by atoms with van der Waals surface area (Å²) in [5, 5.41) is 4.68. The van der Waals surface area contributed by atoms with Crippen molar-refractivity contribution in [3.63, 3.8) is 0 Å². The lowest BCUT2D eigenvalue weighted by atomic mass is 9.97. The zero-order chi connectivity index (χ0) is 35.8. The van der Waals surface area contributed by atoms with Gasteiger partial charge >= 0.3 is 0 Å². The number of rotatable bonds is 7. The third-order valence-corrected chi connectivity index (χ3v) is 10.2. The van der Waals surface area contributed by atoms with Gasteiger partial charge in [-0.15, -0.1) is 0 Å². The van der Waals surface area contributed by atoms with Crippen LogP contribution in [0.5, 0.6) is 0 Å². The SMILES string of the molecule is c1ccc(-c2cc(-c3cccc4c3c3c5ccccc5c(N(c5ccccc5)c5ccccc5)cc3n4-c3ccccc3)nc(-c3ccccc3)n2)cc1. The normalized spacial score (nSPS) is 11.3.